The van der Waals surface area contributed by atoms with E-state index in [2.05, 4.69) is 27.5 Å². The van der Waals surface area contributed by atoms with Crippen LogP contribution in [0.25, 0.3) is 16.7 Å². The van der Waals surface area contributed by atoms with Crippen LogP contribution in [0, 0.1) is 0 Å². The number of hydrogen-bond acceptors (Lipinski definition) is 5. The smallest absolute Gasteiger partial charge is 0.369 e. The number of hydrogen-bond donors (Lipinski definition) is 2. The Morgan fingerprint density at radius 1 is 0.811 bits per heavy atom. The number of nitrogens with zero attached hydrogens (tertiary/aromatic N) is 2. The maximum Gasteiger partial charge on any atom is 0.416 e. The molecule has 0 saturated carbocycles. The second-order valence-electron chi connectivity index (χ2n) is 9.16. The van der Waals surface area contributed by atoms with Gasteiger partial charge in [0, 0.05) is 54.9 Å². The molecule has 2 heterocycles. The Morgan fingerprint density at radius 3 is 2.11 bits per heavy atom. The Bertz CT molecular complexity index is 1360. The average molecular weight is 507 g/mol. The molecule has 3 aromatic carbocycles. The minimum absolute atomic E-state index is 0.256. The molecule has 37 heavy (non-hydrogen) atoms. The number of carbonyl (C=O) groups is 2. The average Bonchev–Trinajstić information content (AvgIpc) is 2.89. The number of nitrogens with one attached hydrogen (secondary N) is 2. The molecule has 3 aromatic rings. The highest BCUT2D eigenvalue weighted by Gasteiger charge is 2.30. The SMILES string of the molecule is CN1CCN(c2ccc(N/C=C3\C(=O)NC(=O)c4ccc(-c5ccc(C(F)(F)F)cc5)cc43)cc2)CC1. The third-order valence-corrected chi connectivity index (χ3v) is 6.69. The van der Waals surface area contributed by atoms with Crippen LogP contribution in [0.5, 0.6) is 0 Å². The van der Waals surface area contributed by atoms with E-state index in [1.54, 1.807) is 24.4 Å². The van der Waals surface area contributed by atoms with Crippen molar-refractivity contribution in [3.63, 3.8) is 0 Å². The topological polar surface area (TPSA) is 64.7 Å². The fourth-order valence-corrected chi connectivity index (χ4v) is 4.49. The monoisotopic (exact) mass is 506 g/mol. The van der Waals surface area contributed by atoms with E-state index in [0.717, 1.165) is 49.7 Å². The van der Waals surface area contributed by atoms with E-state index in [1.807, 2.05) is 24.3 Å². The number of carbonyl (C=O) groups excluding carboxylic acids is 2. The number of piperazine rings is 1. The number of benzene rings is 3. The van der Waals surface area contributed by atoms with Gasteiger partial charge in [-0.25, -0.2) is 0 Å². The standard InChI is InChI=1S/C28H25F3N4O2/c1-34-12-14-35(15-13-34)22-9-7-21(8-10-22)32-17-25-24-16-19(4-11-23(24)26(36)33-27(25)37)18-2-5-20(6-3-18)28(29,30)31/h2-11,16-17,32H,12-15H2,1H3,(H,33,36,37)/b25-17-. The summed E-state index contributed by atoms with van der Waals surface area (Å²) in [6.07, 6.45) is -2.88. The molecular weight excluding hydrogens is 481 g/mol. The van der Waals surface area contributed by atoms with Crippen molar-refractivity contribution >= 4 is 28.8 Å². The molecule has 2 aliphatic heterocycles. The van der Waals surface area contributed by atoms with Gasteiger partial charge < -0.3 is 15.1 Å². The van der Waals surface area contributed by atoms with E-state index >= 15 is 0 Å². The maximum atomic E-state index is 12.9. The van der Waals surface area contributed by atoms with Crippen LogP contribution >= 0.6 is 0 Å². The first-order chi connectivity index (χ1) is 17.7. The number of alkyl halides is 3. The van der Waals surface area contributed by atoms with Crippen molar-refractivity contribution in [2.45, 2.75) is 6.18 Å². The molecule has 0 aliphatic carbocycles. The second kappa shape index (κ2) is 9.74. The lowest BCUT2D eigenvalue weighted by Gasteiger charge is -2.34. The summed E-state index contributed by atoms with van der Waals surface area (Å²) >= 11 is 0. The normalized spacial score (nSPS) is 17.5. The highest BCUT2D eigenvalue weighted by molar-refractivity contribution is 6.31. The molecule has 190 valence electrons. The van der Waals surface area contributed by atoms with Crippen molar-refractivity contribution in [2.75, 3.05) is 43.4 Å². The Morgan fingerprint density at radius 2 is 1.46 bits per heavy atom. The third kappa shape index (κ3) is 5.22. The fourth-order valence-electron chi connectivity index (χ4n) is 4.49. The molecule has 0 bridgehead atoms. The quantitative estimate of drug-likeness (QED) is 0.392. The van der Waals surface area contributed by atoms with Crippen LogP contribution in [0.3, 0.4) is 0 Å². The van der Waals surface area contributed by atoms with Crippen molar-refractivity contribution in [2.24, 2.45) is 0 Å². The molecular formula is C28H25F3N4O2. The lowest BCUT2D eigenvalue weighted by molar-refractivity contribution is -0.137. The highest BCUT2D eigenvalue weighted by atomic mass is 19.4. The third-order valence-electron chi connectivity index (χ3n) is 6.69. The first-order valence-electron chi connectivity index (χ1n) is 11.9. The molecule has 6 nitrogen and oxygen atoms in total. The summed E-state index contributed by atoms with van der Waals surface area (Å²) < 4.78 is 38.8. The van der Waals surface area contributed by atoms with Gasteiger partial charge in [0.15, 0.2) is 0 Å². The van der Waals surface area contributed by atoms with Crippen LogP contribution < -0.4 is 15.5 Å². The van der Waals surface area contributed by atoms with E-state index in [4.69, 9.17) is 0 Å². The zero-order chi connectivity index (χ0) is 26.2. The van der Waals surface area contributed by atoms with Gasteiger partial charge in [-0.15, -0.1) is 0 Å². The summed E-state index contributed by atoms with van der Waals surface area (Å²) in [7, 11) is 2.11. The van der Waals surface area contributed by atoms with Crippen LogP contribution in [0.15, 0.2) is 72.9 Å². The van der Waals surface area contributed by atoms with E-state index in [1.165, 1.54) is 12.1 Å². The van der Waals surface area contributed by atoms with Gasteiger partial charge in [0.1, 0.15) is 0 Å². The molecule has 2 N–H and O–H groups in total. The van der Waals surface area contributed by atoms with Gasteiger partial charge in [0.05, 0.1) is 11.1 Å². The predicted octanol–water partition coefficient (Wildman–Crippen LogP) is 4.85. The number of likely N-dealkylation sites (N-methyl/N-ethyl adjacent to an activating group) is 1. The molecule has 1 fully saturated rings. The minimum atomic E-state index is -4.43. The van der Waals surface area contributed by atoms with Gasteiger partial charge in [-0.1, -0.05) is 18.2 Å². The second-order valence-corrected chi connectivity index (χ2v) is 9.16. The van der Waals surface area contributed by atoms with Crippen LogP contribution in [0.4, 0.5) is 24.5 Å². The van der Waals surface area contributed by atoms with Gasteiger partial charge >= 0.3 is 6.18 Å². The van der Waals surface area contributed by atoms with E-state index in [0.29, 0.717) is 22.3 Å². The lowest BCUT2D eigenvalue weighted by atomic mass is 9.91. The van der Waals surface area contributed by atoms with Crippen molar-refractivity contribution in [3.8, 4) is 11.1 Å². The number of fused-ring (bicyclic) bond motifs is 1. The highest BCUT2D eigenvalue weighted by Crippen LogP contribution is 2.33. The van der Waals surface area contributed by atoms with Crippen molar-refractivity contribution in [1.82, 2.24) is 10.2 Å². The summed E-state index contributed by atoms with van der Waals surface area (Å²) in [6, 6.07) is 17.5. The van der Waals surface area contributed by atoms with Gasteiger partial charge in [0.2, 0.25) is 0 Å². The fraction of sp³-hybridized carbons (Fsp3) is 0.214. The Hall–Kier alpha value is -4.11. The zero-order valence-electron chi connectivity index (χ0n) is 20.1. The number of halogens is 3. The van der Waals surface area contributed by atoms with Gasteiger partial charge in [0.25, 0.3) is 11.8 Å². The molecule has 2 amide bonds. The molecule has 0 atom stereocenters. The summed E-state index contributed by atoms with van der Waals surface area (Å²) in [6.45, 7) is 3.93. The van der Waals surface area contributed by atoms with Gasteiger partial charge in [-0.05, 0) is 66.7 Å². The number of rotatable bonds is 4. The largest absolute Gasteiger partial charge is 0.416 e. The van der Waals surface area contributed by atoms with Crippen molar-refractivity contribution in [1.29, 1.82) is 0 Å². The minimum Gasteiger partial charge on any atom is -0.369 e. The predicted molar refractivity (Wildman–Crippen MR) is 137 cm³/mol. The Kier molecular flexibility index (Phi) is 6.47. The van der Waals surface area contributed by atoms with E-state index in [-0.39, 0.29) is 5.57 Å². The van der Waals surface area contributed by atoms with Crippen LogP contribution in [0.1, 0.15) is 21.5 Å². The summed E-state index contributed by atoms with van der Waals surface area (Å²) in [5, 5.41) is 5.47. The molecule has 5 rings (SSSR count). The first-order valence-corrected chi connectivity index (χ1v) is 11.9. The molecule has 0 aromatic heterocycles. The summed E-state index contributed by atoms with van der Waals surface area (Å²) in [4.78, 5) is 29.7. The van der Waals surface area contributed by atoms with Gasteiger partial charge in [-0.3, -0.25) is 14.9 Å². The molecule has 0 radical (unpaired) electrons. The van der Waals surface area contributed by atoms with Crippen LogP contribution in [-0.4, -0.2) is 49.9 Å². The molecule has 0 spiro atoms. The molecule has 1 saturated heterocycles. The molecule has 0 unspecified atom stereocenters. The Balaban J connectivity index is 1.40. The Labute approximate surface area is 212 Å². The van der Waals surface area contributed by atoms with Crippen molar-refractivity contribution in [3.05, 3.63) is 89.6 Å². The number of anilines is 2. The first kappa shape index (κ1) is 24.6. The van der Waals surface area contributed by atoms with Gasteiger partial charge in [-0.2, -0.15) is 13.2 Å². The van der Waals surface area contributed by atoms with Crippen LogP contribution in [0.2, 0.25) is 0 Å². The number of amides is 2. The van der Waals surface area contributed by atoms with E-state index in [9.17, 15) is 22.8 Å². The van der Waals surface area contributed by atoms with E-state index < -0.39 is 23.6 Å². The number of imide groups is 1. The maximum absolute atomic E-state index is 12.9. The zero-order valence-corrected chi connectivity index (χ0v) is 20.1. The molecule has 9 heteroatoms. The summed E-state index contributed by atoms with van der Waals surface area (Å²) in [5.74, 6) is -1.07. The lowest BCUT2D eigenvalue weighted by Crippen LogP contribution is -2.44. The summed E-state index contributed by atoms with van der Waals surface area (Å²) in [5.41, 5.74) is 3.27. The van der Waals surface area contributed by atoms with Crippen molar-refractivity contribution < 1.29 is 22.8 Å². The molecule has 2 aliphatic rings. The van der Waals surface area contributed by atoms with Crippen LogP contribution in [-0.2, 0) is 11.0 Å².